The molecule has 0 amide bonds. The van der Waals surface area contributed by atoms with E-state index in [1.807, 2.05) is 31.2 Å². The van der Waals surface area contributed by atoms with Crippen LogP contribution in [0.5, 0.6) is 5.75 Å². The van der Waals surface area contributed by atoms with Gasteiger partial charge in [0.1, 0.15) is 11.4 Å². The van der Waals surface area contributed by atoms with Crippen molar-refractivity contribution in [1.29, 1.82) is 0 Å². The molecule has 0 bridgehead atoms. The van der Waals surface area contributed by atoms with Gasteiger partial charge in [0.2, 0.25) is 0 Å². The molecule has 0 saturated carbocycles. The van der Waals surface area contributed by atoms with Crippen LogP contribution in [0.4, 0.5) is 0 Å². The highest BCUT2D eigenvalue weighted by atomic mass is 16.5. The Kier molecular flexibility index (Phi) is 4.93. The first-order valence-corrected chi connectivity index (χ1v) is 6.95. The second-order valence-electron chi connectivity index (χ2n) is 4.78. The van der Waals surface area contributed by atoms with E-state index in [0.717, 1.165) is 24.3 Å². The number of ketones is 1. The zero-order valence-electron chi connectivity index (χ0n) is 12.0. The maximum Gasteiger partial charge on any atom is 0.184 e. The number of hydrogen-bond acceptors (Lipinski definition) is 3. The second kappa shape index (κ2) is 6.89. The van der Waals surface area contributed by atoms with E-state index in [2.05, 4.69) is 12.0 Å². The second-order valence-corrected chi connectivity index (χ2v) is 4.78. The predicted molar refractivity (Wildman–Crippen MR) is 78.1 cm³/mol. The van der Waals surface area contributed by atoms with Gasteiger partial charge in [-0.3, -0.25) is 9.48 Å². The average Bonchev–Trinajstić information content (AvgIpc) is 2.87. The Labute approximate surface area is 119 Å². The third-order valence-electron chi connectivity index (χ3n) is 3.03. The molecule has 1 aromatic carbocycles. The Bertz CT molecular complexity index is 575. The lowest BCUT2D eigenvalue weighted by molar-refractivity contribution is 0.0951. The molecule has 20 heavy (non-hydrogen) atoms. The first-order chi connectivity index (χ1) is 9.70. The SMILES string of the molecule is CCCn1nccc1C(=O)CCOc1cccc(C)c1. The summed E-state index contributed by atoms with van der Waals surface area (Å²) >= 11 is 0. The molecule has 0 N–H and O–H groups in total. The molecule has 0 saturated heterocycles. The average molecular weight is 272 g/mol. The third kappa shape index (κ3) is 3.70. The van der Waals surface area contributed by atoms with Gasteiger partial charge in [0.15, 0.2) is 5.78 Å². The summed E-state index contributed by atoms with van der Waals surface area (Å²) in [5, 5.41) is 4.16. The van der Waals surface area contributed by atoms with Crippen LogP contribution in [0.3, 0.4) is 0 Å². The summed E-state index contributed by atoms with van der Waals surface area (Å²) in [5.74, 6) is 0.878. The molecule has 0 fully saturated rings. The minimum Gasteiger partial charge on any atom is -0.493 e. The van der Waals surface area contributed by atoms with Crippen LogP contribution in [-0.4, -0.2) is 22.2 Å². The molecule has 4 heteroatoms. The van der Waals surface area contributed by atoms with Crippen LogP contribution < -0.4 is 4.74 Å². The number of hydrogen-bond donors (Lipinski definition) is 0. The third-order valence-corrected chi connectivity index (χ3v) is 3.03. The zero-order chi connectivity index (χ0) is 14.4. The maximum absolute atomic E-state index is 12.1. The molecule has 0 aliphatic carbocycles. The van der Waals surface area contributed by atoms with E-state index in [4.69, 9.17) is 4.74 Å². The lowest BCUT2D eigenvalue weighted by atomic mass is 10.2. The highest BCUT2D eigenvalue weighted by Gasteiger charge is 2.11. The van der Waals surface area contributed by atoms with Gasteiger partial charge in [0.05, 0.1) is 6.61 Å². The first kappa shape index (κ1) is 14.3. The van der Waals surface area contributed by atoms with Gasteiger partial charge < -0.3 is 4.74 Å². The van der Waals surface area contributed by atoms with Crippen molar-refractivity contribution in [3.05, 3.63) is 47.8 Å². The number of Topliss-reactive ketones (excluding diaryl/α,β-unsaturated/α-hetero) is 1. The van der Waals surface area contributed by atoms with Crippen molar-refractivity contribution in [3.8, 4) is 5.75 Å². The van der Waals surface area contributed by atoms with Gasteiger partial charge in [-0.1, -0.05) is 19.1 Å². The lowest BCUT2D eigenvalue weighted by Gasteiger charge is -2.07. The highest BCUT2D eigenvalue weighted by Crippen LogP contribution is 2.13. The van der Waals surface area contributed by atoms with E-state index in [1.165, 1.54) is 0 Å². The van der Waals surface area contributed by atoms with Crippen LogP contribution in [0.15, 0.2) is 36.5 Å². The Morgan fingerprint density at radius 3 is 2.95 bits per heavy atom. The van der Waals surface area contributed by atoms with Crippen molar-refractivity contribution >= 4 is 5.78 Å². The summed E-state index contributed by atoms with van der Waals surface area (Å²) in [4.78, 5) is 12.1. The molecule has 2 aromatic rings. The molecule has 0 radical (unpaired) electrons. The van der Waals surface area contributed by atoms with Crippen LogP contribution in [-0.2, 0) is 6.54 Å². The minimum atomic E-state index is 0.0728. The number of rotatable bonds is 7. The first-order valence-electron chi connectivity index (χ1n) is 6.95. The molecule has 1 heterocycles. The van der Waals surface area contributed by atoms with Crippen molar-refractivity contribution in [3.63, 3.8) is 0 Å². The summed E-state index contributed by atoms with van der Waals surface area (Å²) in [5.41, 5.74) is 1.81. The molecule has 0 aliphatic rings. The number of carbonyl (C=O) groups is 1. The van der Waals surface area contributed by atoms with E-state index in [1.54, 1.807) is 16.9 Å². The van der Waals surface area contributed by atoms with Crippen LogP contribution in [0.25, 0.3) is 0 Å². The van der Waals surface area contributed by atoms with E-state index < -0.39 is 0 Å². The number of ether oxygens (including phenoxy) is 1. The van der Waals surface area contributed by atoms with Crippen molar-refractivity contribution < 1.29 is 9.53 Å². The van der Waals surface area contributed by atoms with Gasteiger partial charge in [-0.2, -0.15) is 5.10 Å². The monoisotopic (exact) mass is 272 g/mol. The van der Waals surface area contributed by atoms with E-state index in [9.17, 15) is 4.79 Å². The predicted octanol–water partition coefficient (Wildman–Crippen LogP) is 3.25. The van der Waals surface area contributed by atoms with E-state index >= 15 is 0 Å². The lowest BCUT2D eigenvalue weighted by Crippen LogP contribution is -2.13. The van der Waals surface area contributed by atoms with Gasteiger partial charge in [0.25, 0.3) is 0 Å². The Hall–Kier alpha value is -2.10. The topological polar surface area (TPSA) is 44.1 Å². The Morgan fingerprint density at radius 2 is 2.20 bits per heavy atom. The summed E-state index contributed by atoms with van der Waals surface area (Å²) in [7, 11) is 0. The van der Waals surface area contributed by atoms with Crippen molar-refractivity contribution in [1.82, 2.24) is 9.78 Å². The van der Waals surface area contributed by atoms with Crippen molar-refractivity contribution in [2.24, 2.45) is 0 Å². The fourth-order valence-electron chi connectivity index (χ4n) is 2.05. The van der Waals surface area contributed by atoms with Crippen LogP contribution in [0.1, 0.15) is 35.8 Å². The van der Waals surface area contributed by atoms with Gasteiger partial charge in [-0.15, -0.1) is 0 Å². The number of benzene rings is 1. The molecule has 0 unspecified atom stereocenters. The molecule has 106 valence electrons. The highest BCUT2D eigenvalue weighted by molar-refractivity contribution is 5.94. The maximum atomic E-state index is 12.1. The van der Waals surface area contributed by atoms with E-state index in [-0.39, 0.29) is 5.78 Å². The number of nitrogens with zero attached hydrogens (tertiary/aromatic N) is 2. The molecule has 0 aliphatic heterocycles. The van der Waals surface area contributed by atoms with E-state index in [0.29, 0.717) is 18.7 Å². The standard InChI is InChI=1S/C16H20N2O2/c1-3-10-18-15(7-9-17-18)16(19)8-11-20-14-6-4-5-13(2)12-14/h4-7,9,12H,3,8,10-11H2,1-2H3. The van der Waals surface area contributed by atoms with Crippen LogP contribution >= 0.6 is 0 Å². The van der Waals surface area contributed by atoms with Gasteiger partial charge in [-0.05, 0) is 37.1 Å². The Morgan fingerprint density at radius 1 is 1.35 bits per heavy atom. The van der Waals surface area contributed by atoms with Gasteiger partial charge in [0, 0.05) is 19.2 Å². The smallest absolute Gasteiger partial charge is 0.184 e. The number of aromatic nitrogens is 2. The van der Waals surface area contributed by atoms with Gasteiger partial charge >= 0.3 is 0 Å². The Balaban J connectivity index is 1.87. The molecular formula is C16H20N2O2. The summed E-state index contributed by atoms with van der Waals surface area (Å²) in [6.07, 6.45) is 3.00. The summed E-state index contributed by atoms with van der Waals surface area (Å²) < 4.78 is 7.36. The molecule has 4 nitrogen and oxygen atoms in total. The summed E-state index contributed by atoms with van der Waals surface area (Å²) in [6.45, 7) is 5.24. The normalized spacial score (nSPS) is 10.5. The van der Waals surface area contributed by atoms with Gasteiger partial charge in [-0.25, -0.2) is 0 Å². The zero-order valence-corrected chi connectivity index (χ0v) is 12.0. The molecular weight excluding hydrogens is 252 g/mol. The molecule has 2 rings (SSSR count). The fraction of sp³-hybridized carbons (Fsp3) is 0.375. The number of carbonyl (C=O) groups excluding carboxylic acids is 1. The fourth-order valence-corrected chi connectivity index (χ4v) is 2.05. The van der Waals surface area contributed by atoms with Crippen LogP contribution in [0.2, 0.25) is 0 Å². The minimum absolute atomic E-state index is 0.0728. The molecule has 1 aromatic heterocycles. The molecule has 0 atom stereocenters. The van der Waals surface area contributed by atoms with Crippen LogP contribution in [0, 0.1) is 6.92 Å². The number of aryl methyl sites for hydroxylation is 2. The van der Waals surface area contributed by atoms with Crippen molar-refractivity contribution in [2.75, 3.05) is 6.61 Å². The molecule has 0 spiro atoms. The summed E-state index contributed by atoms with van der Waals surface area (Å²) in [6, 6.07) is 9.60. The van der Waals surface area contributed by atoms with Crippen molar-refractivity contribution in [2.45, 2.75) is 33.2 Å². The quantitative estimate of drug-likeness (QED) is 0.727. The largest absolute Gasteiger partial charge is 0.493 e.